The van der Waals surface area contributed by atoms with Crippen LogP contribution in [0.15, 0.2) is 7.28 Å². The third kappa shape index (κ3) is 4.19. The van der Waals surface area contributed by atoms with Gasteiger partial charge in [-0.05, 0) is 0 Å². The van der Waals surface area contributed by atoms with Crippen molar-refractivity contribution in [3.8, 4) is 0 Å². The first kappa shape index (κ1) is 15.3. The average Bonchev–Trinajstić information content (AvgIpc) is 2.58. The molecule has 8 heteroatoms. The molecule has 1 aliphatic rings. The molecular weight excluding hydrogens is 555 g/mol. The van der Waals surface area contributed by atoms with Crippen LogP contribution in [-0.4, -0.2) is 32.3 Å². The van der Waals surface area contributed by atoms with E-state index >= 15 is 0 Å². The molecule has 16 heavy (non-hydrogen) atoms. The summed E-state index contributed by atoms with van der Waals surface area (Å²) in [6.45, 7) is 3.38. The first-order valence-corrected chi connectivity index (χ1v) is 20.2. The minimum atomic E-state index is -1.75. The second-order valence-electron chi connectivity index (χ2n) is 3.24. The molecule has 0 spiro atoms. The molecular formula is C8H14I3NO4. The number of aliphatic hydroxyl groups excluding tert-OH is 2. The van der Waals surface area contributed by atoms with Crippen LogP contribution in [0.4, 0.5) is 0 Å². The van der Waals surface area contributed by atoms with Gasteiger partial charge in [-0.3, -0.25) is 0 Å². The zero-order valence-corrected chi connectivity index (χ0v) is 15.2. The number of hydrogen-bond acceptors (Lipinski definition) is 4. The maximum absolute atomic E-state index is 11.4. The third-order valence-corrected chi connectivity index (χ3v) is 30.9. The molecule has 0 aliphatic carbocycles. The Morgan fingerprint density at radius 2 is 2.12 bits per heavy atom. The summed E-state index contributed by atoms with van der Waals surface area (Å²) in [4.78, 5) is 11.4. The summed E-state index contributed by atoms with van der Waals surface area (Å²) in [6, 6.07) is 0. The van der Waals surface area contributed by atoms with Gasteiger partial charge < -0.3 is 0 Å². The summed E-state index contributed by atoms with van der Waals surface area (Å²) in [5, 5.41) is 20.9. The molecule has 0 fully saturated rings. The Kier molecular flexibility index (Phi) is 6.72. The molecule has 2 unspecified atom stereocenters. The van der Waals surface area contributed by atoms with Crippen LogP contribution in [0.3, 0.4) is 0 Å². The zero-order valence-electron chi connectivity index (χ0n) is 8.75. The Hall–Kier alpha value is 1.28. The SMILES string of the molecule is CC(O)C(=O)NC1=C(C(C)CO)[I]I(O)[I]1. The van der Waals surface area contributed by atoms with Crippen molar-refractivity contribution in [1.82, 2.24) is 5.32 Å². The van der Waals surface area contributed by atoms with Gasteiger partial charge in [0, 0.05) is 0 Å². The number of carbonyl (C=O) groups excluding carboxylic acids is 1. The monoisotopic (exact) mass is 569 g/mol. The molecule has 0 saturated heterocycles. The summed E-state index contributed by atoms with van der Waals surface area (Å²) in [5.74, 6) is -0.376. The van der Waals surface area contributed by atoms with Gasteiger partial charge in [-0.15, -0.1) is 0 Å². The molecule has 96 valence electrons. The third-order valence-electron chi connectivity index (χ3n) is 1.79. The van der Waals surface area contributed by atoms with Crippen LogP contribution < -0.4 is 5.32 Å². The second-order valence-corrected chi connectivity index (χ2v) is 33.6. The number of hydrogen-bond donors (Lipinski definition) is 4. The molecule has 1 rings (SSSR count). The van der Waals surface area contributed by atoms with Gasteiger partial charge in [-0.2, -0.15) is 0 Å². The van der Waals surface area contributed by atoms with Crippen molar-refractivity contribution >= 4 is 52.7 Å². The number of rotatable bonds is 4. The van der Waals surface area contributed by atoms with Crippen molar-refractivity contribution < 1.29 is 18.4 Å². The molecule has 0 aromatic rings. The molecule has 0 aromatic carbocycles. The summed E-state index contributed by atoms with van der Waals surface area (Å²) in [5.41, 5.74) is 0. The van der Waals surface area contributed by atoms with Gasteiger partial charge >= 0.3 is 116 Å². The topological polar surface area (TPSA) is 89.8 Å². The van der Waals surface area contributed by atoms with E-state index in [-0.39, 0.29) is 29.8 Å². The van der Waals surface area contributed by atoms with E-state index < -0.39 is 41.5 Å². The molecule has 0 aromatic heterocycles. The predicted molar refractivity (Wildman–Crippen MR) is 87.4 cm³/mol. The molecule has 5 nitrogen and oxygen atoms in total. The quantitative estimate of drug-likeness (QED) is 0.306. The average molecular weight is 569 g/mol. The minimum absolute atomic E-state index is 0.0336. The molecule has 2 radical (unpaired) electrons. The molecule has 2 atom stereocenters. The van der Waals surface area contributed by atoms with Gasteiger partial charge in [-0.25, -0.2) is 0 Å². The Morgan fingerprint density at radius 1 is 1.50 bits per heavy atom. The van der Waals surface area contributed by atoms with Crippen LogP contribution in [0.5, 0.6) is 0 Å². The summed E-state index contributed by atoms with van der Waals surface area (Å²) in [7, 11) is 0. The number of carbonyl (C=O) groups is 1. The van der Waals surface area contributed by atoms with E-state index in [2.05, 4.69) is 5.32 Å². The van der Waals surface area contributed by atoms with Crippen molar-refractivity contribution in [1.29, 1.82) is 0 Å². The van der Waals surface area contributed by atoms with E-state index in [4.69, 9.17) is 10.2 Å². The zero-order chi connectivity index (χ0) is 12.3. The molecule has 1 aliphatic heterocycles. The molecule has 1 amide bonds. The predicted octanol–water partition coefficient (Wildman–Crippen LogP) is 1.48. The first-order valence-electron chi connectivity index (χ1n) is 4.50. The van der Waals surface area contributed by atoms with Gasteiger partial charge in [0.15, 0.2) is 0 Å². The van der Waals surface area contributed by atoms with Crippen LogP contribution in [0.1, 0.15) is 13.8 Å². The van der Waals surface area contributed by atoms with Crippen molar-refractivity contribution in [3.05, 3.63) is 7.28 Å². The van der Waals surface area contributed by atoms with Crippen LogP contribution in [0.25, 0.3) is 0 Å². The first-order chi connectivity index (χ1) is 7.45. The summed E-state index contributed by atoms with van der Waals surface area (Å²) < 4.78 is 11.7. The number of nitrogens with one attached hydrogen (secondary N) is 1. The number of aliphatic hydroxyl groups is 2. The van der Waals surface area contributed by atoms with Crippen molar-refractivity contribution in [2.45, 2.75) is 20.0 Å². The number of amides is 1. The van der Waals surface area contributed by atoms with Crippen LogP contribution in [0, 0.1) is 5.92 Å². The van der Waals surface area contributed by atoms with Crippen molar-refractivity contribution in [3.63, 3.8) is 0 Å². The molecule has 1 heterocycles. The summed E-state index contributed by atoms with van der Waals surface area (Å²) in [6.07, 6.45) is -1.03. The van der Waals surface area contributed by atoms with E-state index in [1.54, 1.807) is 0 Å². The maximum atomic E-state index is 11.4. The van der Waals surface area contributed by atoms with Gasteiger partial charge in [0.05, 0.1) is 0 Å². The molecule has 4 N–H and O–H groups in total. The van der Waals surface area contributed by atoms with Crippen LogP contribution in [0.2, 0.25) is 0 Å². The van der Waals surface area contributed by atoms with E-state index in [0.717, 1.165) is 7.28 Å². The van der Waals surface area contributed by atoms with Crippen molar-refractivity contribution in [2.24, 2.45) is 5.92 Å². The van der Waals surface area contributed by atoms with E-state index in [0.29, 0.717) is 0 Å². The van der Waals surface area contributed by atoms with Crippen LogP contribution in [-0.2, 0) is 4.79 Å². The van der Waals surface area contributed by atoms with E-state index in [1.807, 2.05) is 6.92 Å². The van der Waals surface area contributed by atoms with Gasteiger partial charge in [-0.1, -0.05) is 0 Å². The van der Waals surface area contributed by atoms with Gasteiger partial charge in [0.2, 0.25) is 0 Å². The Morgan fingerprint density at radius 3 is 2.62 bits per heavy atom. The fourth-order valence-corrected chi connectivity index (χ4v) is 39.5. The Balaban J connectivity index is 2.77. The summed E-state index contributed by atoms with van der Waals surface area (Å²) >= 11 is -2.53. The fraction of sp³-hybridized carbons (Fsp3) is 0.625. The molecule has 0 saturated carbocycles. The van der Waals surface area contributed by atoms with E-state index in [1.165, 1.54) is 6.92 Å². The van der Waals surface area contributed by atoms with Gasteiger partial charge in [0.25, 0.3) is 0 Å². The van der Waals surface area contributed by atoms with Gasteiger partial charge in [0.1, 0.15) is 0 Å². The second kappa shape index (κ2) is 7.01. The van der Waals surface area contributed by atoms with E-state index in [9.17, 15) is 8.23 Å². The molecule has 0 bridgehead atoms. The van der Waals surface area contributed by atoms with Crippen LogP contribution >= 0.6 is 46.7 Å². The Labute approximate surface area is 115 Å². The standard InChI is InChI=1S/C8H14I3NO4/c1-4(3-13)6-7(10-11(16)9-6)12-8(15)5(2)14/h4-5,13-14,16H,3H2,1-2H3,(H,12,15). The van der Waals surface area contributed by atoms with Crippen molar-refractivity contribution in [2.75, 3.05) is 6.61 Å². The Bertz CT molecular complexity index is 308. The normalized spacial score (nSPS) is 22.2. The number of halogens is 3. The fourth-order valence-electron chi connectivity index (χ4n) is 0.858.